The number of nitrogens with zero attached hydrogens (tertiary/aromatic N) is 1. The Morgan fingerprint density at radius 1 is 1.31 bits per heavy atom. The second kappa shape index (κ2) is 4.34. The van der Waals surface area contributed by atoms with E-state index in [1.54, 1.807) is 12.1 Å². The van der Waals surface area contributed by atoms with Crippen LogP contribution in [0, 0.1) is 0 Å². The molecule has 0 bridgehead atoms. The average Bonchev–Trinajstić information content (AvgIpc) is 2.01. The Hall–Kier alpha value is -0.200. The highest BCUT2D eigenvalue weighted by atomic mass is 79.9. The Balaban J connectivity index is 3.07. The molecule has 0 aromatic heterocycles. The fourth-order valence-corrected chi connectivity index (χ4v) is 2.17. The molecule has 2 N–H and O–H groups in total. The zero-order chi connectivity index (χ0) is 10.0. The minimum absolute atomic E-state index is 0.608. The number of benzene rings is 1. The number of carbonyl (C=O) groups is 1. The normalized spacial score (nSPS) is 9.77. The topological polar surface area (TPSA) is 46.3 Å². The van der Waals surface area contributed by atoms with Crippen molar-refractivity contribution in [3.8, 4) is 0 Å². The van der Waals surface area contributed by atoms with Crippen LogP contribution in [-0.2, 0) is 0 Å². The second-order valence-electron chi connectivity index (χ2n) is 2.28. The highest BCUT2D eigenvalue weighted by Gasteiger charge is 2.08. The first kappa shape index (κ1) is 10.9. The van der Waals surface area contributed by atoms with Crippen LogP contribution in [-0.4, -0.2) is 6.03 Å². The lowest BCUT2D eigenvalue weighted by Crippen LogP contribution is -2.27. The van der Waals surface area contributed by atoms with E-state index in [1.165, 1.54) is 0 Å². The van der Waals surface area contributed by atoms with Gasteiger partial charge in [-0.15, -0.1) is 0 Å². The van der Waals surface area contributed by atoms with Gasteiger partial charge in [-0.05, 0) is 18.2 Å². The van der Waals surface area contributed by atoms with Crippen LogP contribution in [0.15, 0.2) is 27.1 Å². The molecule has 0 unspecified atom stereocenters. The molecular formula is C7H6Br2N2OS. The monoisotopic (exact) mass is 324 g/mol. The van der Waals surface area contributed by atoms with E-state index >= 15 is 0 Å². The first-order valence-corrected chi connectivity index (χ1v) is 5.24. The Morgan fingerprint density at radius 2 is 1.77 bits per heavy atom. The number of thiol groups is 1. The van der Waals surface area contributed by atoms with Crippen molar-refractivity contribution in [2.45, 2.75) is 0 Å². The molecule has 0 saturated carbocycles. The Bertz CT molecular complexity index is 325. The van der Waals surface area contributed by atoms with Crippen molar-refractivity contribution in [3.63, 3.8) is 0 Å². The molecule has 0 fully saturated rings. The number of urea groups is 1. The van der Waals surface area contributed by atoms with Gasteiger partial charge < -0.3 is 5.73 Å². The van der Waals surface area contributed by atoms with Crippen LogP contribution in [0.4, 0.5) is 10.5 Å². The molecule has 1 aromatic rings. The molecule has 0 aliphatic rings. The van der Waals surface area contributed by atoms with Crippen LogP contribution in [0.5, 0.6) is 0 Å². The number of anilines is 1. The Kier molecular flexibility index (Phi) is 3.63. The lowest BCUT2D eigenvalue weighted by molar-refractivity contribution is 0.257. The summed E-state index contributed by atoms with van der Waals surface area (Å²) in [6.07, 6.45) is 0. The van der Waals surface area contributed by atoms with Gasteiger partial charge in [0.25, 0.3) is 0 Å². The van der Waals surface area contributed by atoms with Gasteiger partial charge in [0, 0.05) is 8.95 Å². The van der Waals surface area contributed by atoms with Crippen LogP contribution in [0.25, 0.3) is 0 Å². The zero-order valence-electron chi connectivity index (χ0n) is 6.37. The maximum absolute atomic E-state index is 10.8. The Morgan fingerprint density at radius 3 is 2.15 bits per heavy atom. The third kappa shape index (κ3) is 2.89. The molecule has 2 amide bonds. The number of amides is 2. The Labute approximate surface area is 98.1 Å². The molecule has 0 atom stereocenters. The summed E-state index contributed by atoms with van der Waals surface area (Å²) in [7, 11) is 0. The number of carbonyl (C=O) groups excluding carboxylic acids is 1. The van der Waals surface area contributed by atoms with Gasteiger partial charge in [-0.3, -0.25) is 0 Å². The molecule has 1 aromatic carbocycles. The standard InChI is InChI=1S/C7H6Br2N2OS/c8-4-1-5(9)3-6(2-4)11(13)7(10)12/h1-3,13H,(H2,10,12). The highest BCUT2D eigenvalue weighted by Crippen LogP contribution is 2.26. The van der Waals surface area contributed by atoms with Crippen LogP contribution in [0.2, 0.25) is 0 Å². The minimum Gasteiger partial charge on any atom is -0.350 e. The highest BCUT2D eigenvalue weighted by molar-refractivity contribution is 9.11. The summed E-state index contributed by atoms with van der Waals surface area (Å²) in [5.41, 5.74) is 5.66. The number of hydrogen-bond acceptors (Lipinski definition) is 2. The number of rotatable bonds is 1. The SMILES string of the molecule is NC(=O)N(S)c1cc(Br)cc(Br)c1. The number of halogens is 2. The largest absolute Gasteiger partial charge is 0.350 e. The van der Waals surface area contributed by atoms with Crippen LogP contribution in [0.3, 0.4) is 0 Å². The smallest absolute Gasteiger partial charge is 0.329 e. The molecule has 0 aliphatic heterocycles. The molecule has 3 nitrogen and oxygen atoms in total. The van der Waals surface area contributed by atoms with E-state index in [4.69, 9.17) is 5.73 Å². The maximum atomic E-state index is 10.8. The van der Waals surface area contributed by atoms with Gasteiger partial charge in [0.2, 0.25) is 0 Å². The molecule has 0 aliphatic carbocycles. The fraction of sp³-hybridized carbons (Fsp3) is 0. The summed E-state index contributed by atoms with van der Waals surface area (Å²) >= 11 is 10.5. The number of hydrogen-bond donors (Lipinski definition) is 2. The van der Waals surface area contributed by atoms with Gasteiger partial charge in [0.1, 0.15) is 0 Å². The summed E-state index contributed by atoms with van der Waals surface area (Å²) in [6, 6.07) is 4.71. The predicted octanol–water partition coefficient (Wildman–Crippen LogP) is 2.94. The van der Waals surface area contributed by atoms with Crippen LogP contribution >= 0.6 is 44.7 Å². The van der Waals surface area contributed by atoms with Crippen molar-refractivity contribution in [1.29, 1.82) is 0 Å². The molecular weight excluding hydrogens is 320 g/mol. The van der Waals surface area contributed by atoms with E-state index in [0.717, 1.165) is 13.3 Å². The first-order chi connectivity index (χ1) is 6.00. The number of primary amides is 1. The van der Waals surface area contributed by atoms with Gasteiger partial charge in [-0.25, -0.2) is 9.10 Å². The molecule has 0 radical (unpaired) electrons. The fourth-order valence-electron chi connectivity index (χ4n) is 0.789. The van der Waals surface area contributed by atoms with Crippen molar-refractivity contribution < 1.29 is 4.79 Å². The maximum Gasteiger partial charge on any atom is 0.329 e. The molecule has 0 spiro atoms. The molecule has 13 heavy (non-hydrogen) atoms. The van der Waals surface area contributed by atoms with E-state index in [1.807, 2.05) is 6.07 Å². The van der Waals surface area contributed by atoms with Gasteiger partial charge in [0.15, 0.2) is 0 Å². The molecule has 0 heterocycles. The summed E-state index contributed by atoms with van der Waals surface area (Å²) in [6.45, 7) is 0. The van der Waals surface area contributed by atoms with E-state index in [0.29, 0.717) is 5.69 Å². The van der Waals surface area contributed by atoms with Gasteiger partial charge in [-0.1, -0.05) is 44.7 Å². The third-order valence-electron chi connectivity index (χ3n) is 1.30. The van der Waals surface area contributed by atoms with Crippen LogP contribution < -0.4 is 10.0 Å². The molecule has 6 heteroatoms. The summed E-state index contributed by atoms with van der Waals surface area (Å²) in [4.78, 5) is 10.8. The van der Waals surface area contributed by atoms with Crippen molar-refractivity contribution in [3.05, 3.63) is 27.1 Å². The van der Waals surface area contributed by atoms with Crippen molar-refractivity contribution in [2.24, 2.45) is 5.73 Å². The first-order valence-electron chi connectivity index (χ1n) is 3.25. The van der Waals surface area contributed by atoms with Crippen LogP contribution in [0.1, 0.15) is 0 Å². The van der Waals surface area contributed by atoms with Gasteiger partial charge >= 0.3 is 6.03 Å². The van der Waals surface area contributed by atoms with Crippen molar-refractivity contribution in [1.82, 2.24) is 0 Å². The van der Waals surface area contributed by atoms with Gasteiger partial charge in [-0.2, -0.15) is 0 Å². The quantitative estimate of drug-likeness (QED) is 0.766. The average molecular weight is 326 g/mol. The third-order valence-corrected chi connectivity index (χ3v) is 2.64. The summed E-state index contributed by atoms with van der Waals surface area (Å²) in [5, 5.41) is 0. The number of nitrogens with two attached hydrogens (primary N) is 1. The molecule has 0 saturated heterocycles. The summed E-state index contributed by atoms with van der Waals surface area (Å²) in [5.74, 6) is 0. The minimum atomic E-state index is -0.617. The van der Waals surface area contributed by atoms with Gasteiger partial charge in [0.05, 0.1) is 5.69 Å². The predicted molar refractivity (Wildman–Crippen MR) is 62.9 cm³/mol. The van der Waals surface area contributed by atoms with E-state index < -0.39 is 6.03 Å². The zero-order valence-corrected chi connectivity index (χ0v) is 10.4. The van der Waals surface area contributed by atoms with Crippen molar-refractivity contribution in [2.75, 3.05) is 4.31 Å². The van der Waals surface area contributed by atoms with Crippen molar-refractivity contribution >= 4 is 56.4 Å². The van der Waals surface area contributed by atoms with E-state index in [-0.39, 0.29) is 0 Å². The van der Waals surface area contributed by atoms with E-state index in [2.05, 4.69) is 44.7 Å². The second-order valence-corrected chi connectivity index (χ2v) is 4.51. The summed E-state index contributed by atoms with van der Waals surface area (Å²) < 4.78 is 2.75. The molecule has 70 valence electrons. The molecule has 1 rings (SSSR count). The lowest BCUT2D eigenvalue weighted by Gasteiger charge is -2.12. The van der Waals surface area contributed by atoms with E-state index in [9.17, 15) is 4.79 Å². The lowest BCUT2D eigenvalue weighted by atomic mass is 10.3.